The van der Waals surface area contributed by atoms with Gasteiger partial charge in [0.05, 0.1) is 12.2 Å². The Balaban J connectivity index is 3.03. The molecule has 0 bridgehead atoms. The van der Waals surface area contributed by atoms with E-state index in [-0.39, 0.29) is 23.0 Å². The van der Waals surface area contributed by atoms with Crippen LogP contribution in [0.1, 0.15) is 13.3 Å². The van der Waals surface area contributed by atoms with E-state index in [4.69, 9.17) is 5.73 Å². The zero-order valence-corrected chi connectivity index (χ0v) is 15.7. The van der Waals surface area contributed by atoms with E-state index in [1.165, 1.54) is 13.1 Å². The number of halogens is 2. The lowest BCUT2D eigenvalue weighted by Crippen LogP contribution is -2.38. The molecule has 0 aliphatic heterocycles. The van der Waals surface area contributed by atoms with Gasteiger partial charge in [0.1, 0.15) is 4.90 Å². The van der Waals surface area contributed by atoms with Crippen molar-refractivity contribution in [2.45, 2.75) is 18.2 Å². The summed E-state index contributed by atoms with van der Waals surface area (Å²) in [7, 11) is -2.52. The highest BCUT2D eigenvalue weighted by Crippen LogP contribution is 2.33. The Bertz CT molecular complexity index is 612. The average Bonchev–Trinajstić information content (AvgIpc) is 2.34. The molecule has 0 atom stereocenters. The van der Waals surface area contributed by atoms with Crippen molar-refractivity contribution in [3.63, 3.8) is 0 Å². The molecule has 0 heterocycles. The Morgan fingerprint density at radius 2 is 2.00 bits per heavy atom. The first-order chi connectivity index (χ1) is 9.70. The summed E-state index contributed by atoms with van der Waals surface area (Å²) >= 11 is 6.43. The third-order valence-electron chi connectivity index (χ3n) is 2.64. The number of anilines is 1. The second kappa shape index (κ2) is 7.57. The van der Waals surface area contributed by atoms with Crippen molar-refractivity contribution in [3.8, 4) is 0 Å². The highest BCUT2D eigenvalue weighted by atomic mass is 79.9. The molecule has 9 heteroatoms. The van der Waals surface area contributed by atoms with Gasteiger partial charge in [0, 0.05) is 22.5 Å². The van der Waals surface area contributed by atoms with Crippen molar-refractivity contribution >= 4 is 53.5 Å². The van der Waals surface area contributed by atoms with Gasteiger partial charge in [-0.25, -0.2) is 8.42 Å². The summed E-state index contributed by atoms with van der Waals surface area (Å²) in [6.07, 6.45) is 0.785. The van der Waals surface area contributed by atoms with Crippen LogP contribution in [0.4, 0.5) is 5.69 Å². The van der Waals surface area contributed by atoms with E-state index < -0.39 is 10.0 Å². The van der Waals surface area contributed by atoms with Crippen molar-refractivity contribution in [1.29, 1.82) is 0 Å². The Morgan fingerprint density at radius 3 is 2.52 bits per heavy atom. The molecular weight excluding hydrogens is 426 g/mol. The number of hydrogen-bond acceptors (Lipinski definition) is 4. The fraction of sp³-hybridized carbons (Fsp3) is 0.417. The standard InChI is InChI=1S/C12H17Br2N3O3S/c1-3-4-16-11(18)7-17(2)21(19,20)12-9(14)5-8(13)6-10(12)15/h5-6H,3-4,7,15H2,1-2H3,(H,16,18). The monoisotopic (exact) mass is 441 g/mol. The van der Waals surface area contributed by atoms with E-state index >= 15 is 0 Å². The lowest BCUT2D eigenvalue weighted by molar-refractivity contribution is -0.121. The summed E-state index contributed by atoms with van der Waals surface area (Å²) in [6, 6.07) is 3.09. The summed E-state index contributed by atoms with van der Waals surface area (Å²) in [4.78, 5) is 11.6. The molecule has 118 valence electrons. The van der Waals surface area contributed by atoms with Gasteiger partial charge in [0.2, 0.25) is 15.9 Å². The lowest BCUT2D eigenvalue weighted by Gasteiger charge is -2.19. The Kier molecular flexibility index (Phi) is 6.64. The van der Waals surface area contributed by atoms with E-state index in [0.29, 0.717) is 15.5 Å². The molecule has 6 nitrogen and oxygen atoms in total. The molecule has 0 saturated carbocycles. The largest absolute Gasteiger partial charge is 0.398 e. The maximum Gasteiger partial charge on any atom is 0.246 e. The van der Waals surface area contributed by atoms with Gasteiger partial charge in [0.25, 0.3) is 0 Å². The zero-order valence-electron chi connectivity index (χ0n) is 11.7. The zero-order chi connectivity index (χ0) is 16.2. The molecule has 21 heavy (non-hydrogen) atoms. The molecule has 1 aromatic carbocycles. The summed E-state index contributed by atoms with van der Waals surface area (Å²) in [5.41, 5.74) is 5.90. The Hall–Kier alpha value is -0.640. The van der Waals surface area contributed by atoms with Crippen LogP contribution in [0.25, 0.3) is 0 Å². The molecule has 0 unspecified atom stereocenters. The lowest BCUT2D eigenvalue weighted by atomic mass is 10.3. The van der Waals surface area contributed by atoms with Crippen LogP contribution in [0.5, 0.6) is 0 Å². The molecule has 0 fully saturated rings. The maximum atomic E-state index is 12.5. The van der Waals surface area contributed by atoms with Crippen LogP contribution >= 0.6 is 31.9 Å². The van der Waals surface area contributed by atoms with Crippen molar-refractivity contribution in [2.24, 2.45) is 0 Å². The van der Waals surface area contributed by atoms with Gasteiger partial charge in [-0.2, -0.15) is 4.31 Å². The number of nitrogens with one attached hydrogen (secondary N) is 1. The van der Waals surface area contributed by atoms with Gasteiger partial charge in [-0.05, 0) is 34.5 Å². The molecule has 0 spiro atoms. The predicted octanol–water partition coefficient (Wildman–Crippen LogP) is 1.94. The molecule has 0 aliphatic carbocycles. The van der Waals surface area contributed by atoms with Crippen LogP contribution in [0.2, 0.25) is 0 Å². The molecule has 1 aromatic rings. The third kappa shape index (κ3) is 4.67. The number of carbonyl (C=O) groups excluding carboxylic acids is 1. The summed E-state index contributed by atoms with van der Waals surface area (Å²) in [5.74, 6) is -0.352. The molecule has 1 amide bonds. The Morgan fingerprint density at radius 1 is 1.38 bits per heavy atom. The first-order valence-corrected chi connectivity index (χ1v) is 9.20. The van der Waals surface area contributed by atoms with E-state index in [1.807, 2.05) is 6.92 Å². The quantitative estimate of drug-likeness (QED) is 0.658. The van der Waals surface area contributed by atoms with E-state index in [2.05, 4.69) is 37.2 Å². The number of hydrogen-bond donors (Lipinski definition) is 2. The molecule has 0 aliphatic rings. The van der Waals surface area contributed by atoms with E-state index in [1.54, 1.807) is 6.07 Å². The number of likely N-dealkylation sites (N-methyl/N-ethyl adjacent to an activating group) is 1. The van der Waals surface area contributed by atoms with Crippen LogP contribution in [-0.4, -0.2) is 38.8 Å². The number of carbonyl (C=O) groups is 1. The third-order valence-corrected chi connectivity index (χ3v) is 5.91. The van der Waals surface area contributed by atoms with E-state index in [9.17, 15) is 13.2 Å². The Labute approximate surface area is 141 Å². The fourth-order valence-corrected chi connectivity index (χ4v) is 4.75. The van der Waals surface area contributed by atoms with Gasteiger partial charge in [0.15, 0.2) is 0 Å². The van der Waals surface area contributed by atoms with Crippen molar-refractivity contribution in [3.05, 3.63) is 21.1 Å². The van der Waals surface area contributed by atoms with Crippen LogP contribution in [-0.2, 0) is 14.8 Å². The minimum atomic E-state index is -3.86. The van der Waals surface area contributed by atoms with Gasteiger partial charge in [-0.3, -0.25) is 4.79 Å². The minimum Gasteiger partial charge on any atom is -0.398 e. The number of benzene rings is 1. The number of amides is 1. The minimum absolute atomic E-state index is 0.0449. The highest BCUT2D eigenvalue weighted by molar-refractivity contribution is 9.11. The smallest absolute Gasteiger partial charge is 0.246 e. The van der Waals surface area contributed by atoms with Gasteiger partial charge < -0.3 is 11.1 Å². The highest BCUT2D eigenvalue weighted by Gasteiger charge is 2.27. The summed E-state index contributed by atoms with van der Waals surface area (Å²) < 4.78 is 27.0. The van der Waals surface area contributed by atoms with Crippen LogP contribution < -0.4 is 11.1 Å². The summed E-state index contributed by atoms with van der Waals surface area (Å²) in [5, 5.41) is 2.63. The average molecular weight is 443 g/mol. The second-order valence-electron chi connectivity index (χ2n) is 4.42. The van der Waals surface area contributed by atoms with Crippen LogP contribution in [0.15, 0.2) is 26.0 Å². The van der Waals surface area contributed by atoms with Gasteiger partial charge >= 0.3 is 0 Å². The first kappa shape index (κ1) is 18.4. The molecule has 0 saturated heterocycles. The number of sulfonamides is 1. The second-order valence-corrected chi connectivity index (χ2v) is 8.17. The van der Waals surface area contributed by atoms with Crippen LogP contribution in [0, 0.1) is 0 Å². The van der Waals surface area contributed by atoms with Crippen molar-refractivity contribution < 1.29 is 13.2 Å². The predicted molar refractivity (Wildman–Crippen MR) is 89.4 cm³/mol. The number of nitrogens with zero attached hydrogens (tertiary/aromatic N) is 1. The number of rotatable bonds is 6. The molecule has 3 N–H and O–H groups in total. The normalized spacial score (nSPS) is 11.7. The molecular formula is C12H17Br2N3O3S. The maximum absolute atomic E-state index is 12.5. The SMILES string of the molecule is CCCNC(=O)CN(C)S(=O)(=O)c1c(N)cc(Br)cc1Br. The topological polar surface area (TPSA) is 92.5 Å². The first-order valence-electron chi connectivity index (χ1n) is 6.17. The van der Waals surface area contributed by atoms with Gasteiger partial charge in [-0.15, -0.1) is 0 Å². The molecule has 1 rings (SSSR count). The fourth-order valence-electron chi connectivity index (χ4n) is 1.62. The number of nitrogens with two attached hydrogens (primary N) is 1. The number of nitrogen functional groups attached to an aromatic ring is 1. The molecule has 0 aromatic heterocycles. The molecule has 0 radical (unpaired) electrons. The van der Waals surface area contributed by atoms with Gasteiger partial charge in [-0.1, -0.05) is 22.9 Å². The summed E-state index contributed by atoms with van der Waals surface area (Å²) in [6.45, 7) is 2.17. The van der Waals surface area contributed by atoms with Crippen LogP contribution in [0.3, 0.4) is 0 Å². The van der Waals surface area contributed by atoms with Crippen molar-refractivity contribution in [1.82, 2.24) is 9.62 Å². The van der Waals surface area contributed by atoms with Crippen molar-refractivity contribution in [2.75, 3.05) is 25.9 Å². The van der Waals surface area contributed by atoms with E-state index in [0.717, 1.165) is 10.7 Å².